The zero-order valence-corrected chi connectivity index (χ0v) is 13.5. The van der Waals surface area contributed by atoms with Crippen LogP contribution in [0.15, 0.2) is 24.3 Å². The number of ether oxygens (including phenoxy) is 1. The molecule has 1 aliphatic heterocycles. The SMILES string of the molecule is CCCOc1cccc(NC(C)CC2CCCCCN2)c1. The third kappa shape index (κ3) is 5.96. The van der Waals surface area contributed by atoms with Gasteiger partial charge in [0.05, 0.1) is 6.61 Å². The molecular formula is C18H30N2O. The van der Waals surface area contributed by atoms with E-state index >= 15 is 0 Å². The topological polar surface area (TPSA) is 33.3 Å². The number of hydrogen-bond donors (Lipinski definition) is 2. The van der Waals surface area contributed by atoms with E-state index in [0.717, 1.165) is 24.5 Å². The van der Waals surface area contributed by atoms with E-state index in [4.69, 9.17) is 4.74 Å². The molecule has 2 rings (SSSR count). The molecule has 0 radical (unpaired) electrons. The molecule has 1 heterocycles. The van der Waals surface area contributed by atoms with E-state index in [0.29, 0.717) is 12.1 Å². The molecule has 3 heteroatoms. The van der Waals surface area contributed by atoms with Crippen LogP contribution in [0.25, 0.3) is 0 Å². The molecule has 1 aliphatic rings. The van der Waals surface area contributed by atoms with Crippen molar-refractivity contribution in [3.8, 4) is 5.75 Å². The van der Waals surface area contributed by atoms with Crippen molar-refractivity contribution in [3.63, 3.8) is 0 Å². The molecule has 21 heavy (non-hydrogen) atoms. The van der Waals surface area contributed by atoms with Crippen LogP contribution in [0.1, 0.15) is 52.4 Å². The average Bonchev–Trinajstić information content (AvgIpc) is 2.74. The van der Waals surface area contributed by atoms with E-state index in [-0.39, 0.29) is 0 Å². The summed E-state index contributed by atoms with van der Waals surface area (Å²) in [5, 5.41) is 7.28. The lowest BCUT2D eigenvalue weighted by Gasteiger charge is -2.22. The van der Waals surface area contributed by atoms with Crippen LogP contribution in [0.3, 0.4) is 0 Å². The molecule has 0 aromatic heterocycles. The first-order chi connectivity index (χ1) is 10.3. The number of hydrogen-bond acceptors (Lipinski definition) is 3. The minimum Gasteiger partial charge on any atom is -0.494 e. The van der Waals surface area contributed by atoms with Gasteiger partial charge in [0, 0.05) is 23.8 Å². The largest absolute Gasteiger partial charge is 0.494 e. The lowest BCUT2D eigenvalue weighted by molar-refractivity contribution is 0.317. The van der Waals surface area contributed by atoms with E-state index in [2.05, 4.69) is 42.7 Å². The molecule has 3 nitrogen and oxygen atoms in total. The summed E-state index contributed by atoms with van der Waals surface area (Å²) in [4.78, 5) is 0. The zero-order chi connectivity index (χ0) is 14.9. The molecule has 2 atom stereocenters. The predicted octanol–water partition coefficient (Wildman–Crippen LogP) is 4.20. The van der Waals surface area contributed by atoms with Crippen molar-refractivity contribution >= 4 is 5.69 Å². The zero-order valence-electron chi connectivity index (χ0n) is 13.5. The maximum Gasteiger partial charge on any atom is 0.121 e. The molecule has 0 saturated carbocycles. The Kier molecular flexibility index (Phi) is 6.87. The van der Waals surface area contributed by atoms with Gasteiger partial charge in [0.25, 0.3) is 0 Å². The predicted molar refractivity (Wildman–Crippen MR) is 90.2 cm³/mol. The second-order valence-electron chi connectivity index (χ2n) is 6.16. The fraction of sp³-hybridized carbons (Fsp3) is 0.667. The highest BCUT2D eigenvalue weighted by molar-refractivity contribution is 5.48. The van der Waals surface area contributed by atoms with Gasteiger partial charge in [-0.3, -0.25) is 0 Å². The third-order valence-electron chi connectivity index (χ3n) is 4.02. The number of nitrogens with one attached hydrogen (secondary N) is 2. The van der Waals surface area contributed by atoms with Crippen molar-refractivity contribution in [2.24, 2.45) is 0 Å². The van der Waals surface area contributed by atoms with Gasteiger partial charge < -0.3 is 15.4 Å². The average molecular weight is 290 g/mol. The van der Waals surface area contributed by atoms with E-state index in [1.807, 2.05) is 6.07 Å². The lowest BCUT2D eigenvalue weighted by Crippen LogP contribution is -2.33. The smallest absolute Gasteiger partial charge is 0.121 e. The van der Waals surface area contributed by atoms with Crippen LogP contribution in [0.5, 0.6) is 5.75 Å². The van der Waals surface area contributed by atoms with E-state index in [9.17, 15) is 0 Å². The van der Waals surface area contributed by atoms with Crippen molar-refractivity contribution in [2.45, 2.75) is 64.5 Å². The summed E-state index contributed by atoms with van der Waals surface area (Å²) in [6.45, 7) is 6.36. The molecule has 1 fully saturated rings. The first-order valence-corrected chi connectivity index (χ1v) is 8.50. The summed E-state index contributed by atoms with van der Waals surface area (Å²) in [6, 6.07) is 9.45. The molecule has 1 aromatic rings. The molecule has 2 N–H and O–H groups in total. The summed E-state index contributed by atoms with van der Waals surface area (Å²) in [6.07, 6.45) is 7.61. The summed E-state index contributed by atoms with van der Waals surface area (Å²) >= 11 is 0. The Morgan fingerprint density at radius 2 is 2.24 bits per heavy atom. The molecule has 1 saturated heterocycles. The van der Waals surface area contributed by atoms with E-state index in [1.54, 1.807) is 0 Å². The van der Waals surface area contributed by atoms with Gasteiger partial charge in [-0.1, -0.05) is 25.8 Å². The van der Waals surface area contributed by atoms with Crippen molar-refractivity contribution in [2.75, 3.05) is 18.5 Å². The summed E-state index contributed by atoms with van der Waals surface area (Å²) in [5.41, 5.74) is 1.16. The summed E-state index contributed by atoms with van der Waals surface area (Å²) < 4.78 is 5.69. The highest BCUT2D eigenvalue weighted by Crippen LogP contribution is 2.20. The van der Waals surface area contributed by atoms with Gasteiger partial charge in [0.15, 0.2) is 0 Å². The first-order valence-electron chi connectivity index (χ1n) is 8.50. The number of anilines is 1. The number of benzene rings is 1. The van der Waals surface area contributed by atoms with E-state index < -0.39 is 0 Å². The Bertz CT molecular complexity index is 400. The van der Waals surface area contributed by atoms with Gasteiger partial charge in [-0.15, -0.1) is 0 Å². The van der Waals surface area contributed by atoms with Crippen LogP contribution in [0.4, 0.5) is 5.69 Å². The van der Waals surface area contributed by atoms with Gasteiger partial charge in [-0.05, 0) is 51.3 Å². The third-order valence-corrected chi connectivity index (χ3v) is 4.02. The maximum atomic E-state index is 5.69. The van der Waals surface area contributed by atoms with Crippen LogP contribution in [0.2, 0.25) is 0 Å². The molecule has 0 bridgehead atoms. The van der Waals surface area contributed by atoms with Crippen LogP contribution in [0, 0.1) is 0 Å². The second-order valence-corrected chi connectivity index (χ2v) is 6.16. The minimum atomic E-state index is 0.474. The van der Waals surface area contributed by atoms with Gasteiger partial charge in [0.2, 0.25) is 0 Å². The van der Waals surface area contributed by atoms with Crippen LogP contribution in [-0.4, -0.2) is 25.2 Å². The normalized spacial score (nSPS) is 20.6. The van der Waals surface area contributed by atoms with Gasteiger partial charge in [-0.25, -0.2) is 0 Å². The Morgan fingerprint density at radius 1 is 1.33 bits per heavy atom. The fourth-order valence-electron chi connectivity index (χ4n) is 2.97. The Hall–Kier alpha value is -1.22. The molecular weight excluding hydrogens is 260 g/mol. The highest BCUT2D eigenvalue weighted by Gasteiger charge is 2.14. The Morgan fingerprint density at radius 3 is 3.10 bits per heavy atom. The van der Waals surface area contributed by atoms with Crippen LogP contribution < -0.4 is 15.4 Å². The van der Waals surface area contributed by atoms with E-state index in [1.165, 1.54) is 38.6 Å². The van der Waals surface area contributed by atoms with Gasteiger partial charge in [-0.2, -0.15) is 0 Å². The summed E-state index contributed by atoms with van der Waals surface area (Å²) in [5.74, 6) is 0.960. The molecule has 0 amide bonds. The van der Waals surface area contributed by atoms with Crippen molar-refractivity contribution < 1.29 is 4.74 Å². The number of rotatable bonds is 7. The molecule has 1 aromatic carbocycles. The maximum absolute atomic E-state index is 5.69. The molecule has 2 unspecified atom stereocenters. The Balaban J connectivity index is 1.82. The van der Waals surface area contributed by atoms with Gasteiger partial charge >= 0.3 is 0 Å². The Labute approximate surface area is 129 Å². The fourth-order valence-corrected chi connectivity index (χ4v) is 2.97. The molecule has 118 valence electrons. The highest BCUT2D eigenvalue weighted by atomic mass is 16.5. The standard InChI is InChI=1S/C18H30N2O/c1-3-12-21-18-10-7-9-17(14-18)20-15(2)13-16-8-5-4-6-11-19-16/h7,9-10,14-16,19-20H,3-6,8,11-13H2,1-2H3. The molecule has 0 aliphatic carbocycles. The second kappa shape index (κ2) is 8.93. The lowest BCUT2D eigenvalue weighted by atomic mass is 10.0. The van der Waals surface area contributed by atoms with Crippen LogP contribution in [-0.2, 0) is 0 Å². The monoisotopic (exact) mass is 290 g/mol. The van der Waals surface area contributed by atoms with Crippen LogP contribution >= 0.6 is 0 Å². The van der Waals surface area contributed by atoms with Crippen molar-refractivity contribution in [1.29, 1.82) is 0 Å². The quantitative estimate of drug-likeness (QED) is 0.789. The first kappa shape index (κ1) is 16.2. The molecule has 0 spiro atoms. The van der Waals surface area contributed by atoms with Crippen molar-refractivity contribution in [3.05, 3.63) is 24.3 Å². The van der Waals surface area contributed by atoms with Crippen molar-refractivity contribution in [1.82, 2.24) is 5.32 Å². The summed E-state index contributed by atoms with van der Waals surface area (Å²) in [7, 11) is 0. The minimum absolute atomic E-state index is 0.474. The van der Waals surface area contributed by atoms with Gasteiger partial charge in [0.1, 0.15) is 5.75 Å².